The number of halogens is 1. The van der Waals surface area contributed by atoms with Gasteiger partial charge in [0, 0.05) is 11.1 Å². The molecule has 0 saturated carbocycles. The fourth-order valence-corrected chi connectivity index (χ4v) is 2.40. The molecule has 116 valence electrons. The maximum absolute atomic E-state index is 12.8. The molecule has 0 bridgehead atoms. The Labute approximate surface area is 135 Å². The summed E-state index contributed by atoms with van der Waals surface area (Å²) in [6.07, 6.45) is 1.61. The first-order valence-corrected chi connectivity index (χ1v) is 7.62. The van der Waals surface area contributed by atoms with Crippen LogP contribution in [0.3, 0.4) is 0 Å². The Balaban J connectivity index is 1.56. The molecule has 0 aliphatic heterocycles. The quantitative estimate of drug-likeness (QED) is 0.724. The van der Waals surface area contributed by atoms with Crippen molar-refractivity contribution in [3.8, 4) is 11.6 Å². The van der Waals surface area contributed by atoms with Crippen molar-refractivity contribution in [3.63, 3.8) is 0 Å². The van der Waals surface area contributed by atoms with Gasteiger partial charge >= 0.3 is 6.01 Å². The van der Waals surface area contributed by atoms with Gasteiger partial charge in [-0.15, -0.1) is 16.9 Å². The molecule has 3 aromatic rings. The summed E-state index contributed by atoms with van der Waals surface area (Å²) in [5, 5.41) is 10.1. The van der Waals surface area contributed by atoms with Crippen LogP contribution in [0.25, 0.3) is 11.6 Å². The lowest BCUT2D eigenvalue weighted by molar-refractivity contribution is -0.113. The lowest BCUT2D eigenvalue weighted by atomic mass is 10.3. The second-order valence-corrected chi connectivity index (χ2v) is 5.47. The summed E-state index contributed by atoms with van der Waals surface area (Å²) in [7, 11) is 0. The van der Waals surface area contributed by atoms with Crippen LogP contribution < -0.4 is 5.32 Å². The molecule has 0 aliphatic rings. The molecule has 8 heteroatoms. The standard InChI is InChI=1S/C15H11FN4O2S/c16-10-4-6-11(7-5-10)23-9-13(21)18-15-20-19-14(22-15)12-3-1-2-8-17-12/h1-8H,9H2,(H,18,20,21). The molecular weight excluding hydrogens is 319 g/mol. The lowest BCUT2D eigenvalue weighted by Gasteiger charge is -2.01. The van der Waals surface area contributed by atoms with Crippen molar-refractivity contribution in [3.05, 3.63) is 54.5 Å². The second kappa shape index (κ2) is 7.01. The number of hydrogen-bond donors (Lipinski definition) is 1. The fourth-order valence-electron chi connectivity index (χ4n) is 1.70. The smallest absolute Gasteiger partial charge is 0.322 e. The number of nitrogens with zero attached hydrogens (tertiary/aromatic N) is 3. The number of anilines is 1. The van der Waals surface area contributed by atoms with E-state index < -0.39 is 0 Å². The zero-order valence-corrected chi connectivity index (χ0v) is 12.6. The van der Waals surface area contributed by atoms with Crippen molar-refractivity contribution in [2.45, 2.75) is 4.90 Å². The topological polar surface area (TPSA) is 80.9 Å². The van der Waals surface area contributed by atoms with Crippen LogP contribution in [-0.2, 0) is 4.79 Å². The highest BCUT2D eigenvalue weighted by molar-refractivity contribution is 8.00. The molecule has 1 aromatic carbocycles. The number of aromatic nitrogens is 3. The van der Waals surface area contributed by atoms with Gasteiger partial charge in [0.05, 0.1) is 5.75 Å². The minimum absolute atomic E-state index is 0.00959. The third-order valence-electron chi connectivity index (χ3n) is 2.74. The minimum Gasteiger partial charge on any atom is -0.401 e. The summed E-state index contributed by atoms with van der Waals surface area (Å²) in [6.45, 7) is 0. The number of carbonyl (C=O) groups is 1. The van der Waals surface area contributed by atoms with E-state index in [0.29, 0.717) is 5.69 Å². The average Bonchev–Trinajstić information content (AvgIpc) is 3.04. The molecule has 6 nitrogen and oxygen atoms in total. The maximum Gasteiger partial charge on any atom is 0.322 e. The highest BCUT2D eigenvalue weighted by Crippen LogP contribution is 2.19. The number of thioether (sulfide) groups is 1. The molecule has 0 atom stereocenters. The Morgan fingerprint density at radius 3 is 2.74 bits per heavy atom. The molecule has 0 spiro atoms. The average molecular weight is 330 g/mol. The van der Waals surface area contributed by atoms with Crippen molar-refractivity contribution in [2.24, 2.45) is 0 Å². The van der Waals surface area contributed by atoms with E-state index in [1.807, 2.05) is 0 Å². The number of carbonyl (C=O) groups excluding carboxylic acids is 1. The predicted octanol–water partition coefficient (Wildman–Crippen LogP) is 3.00. The molecule has 1 N–H and O–H groups in total. The normalized spacial score (nSPS) is 10.5. The summed E-state index contributed by atoms with van der Waals surface area (Å²) in [5.74, 6) is -0.234. The van der Waals surface area contributed by atoms with Gasteiger partial charge in [-0.3, -0.25) is 15.1 Å². The Hall–Kier alpha value is -2.74. The molecule has 0 fully saturated rings. The van der Waals surface area contributed by atoms with Crippen molar-refractivity contribution in [1.29, 1.82) is 0 Å². The van der Waals surface area contributed by atoms with E-state index in [-0.39, 0.29) is 29.4 Å². The minimum atomic E-state index is -0.313. The van der Waals surface area contributed by atoms with Gasteiger partial charge in [0.15, 0.2) is 0 Å². The van der Waals surface area contributed by atoms with Crippen LogP contribution in [0.2, 0.25) is 0 Å². The van der Waals surface area contributed by atoms with Gasteiger partial charge in [0.2, 0.25) is 5.91 Å². The van der Waals surface area contributed by atoms with Gasteiger partial charge in [-0.25, -0.2) is 4.39 Å². The van der Waals surface area contributed by atoms with Gasteiger partial charge in [-0.05, 0) is 36.4 Å². The van der Waals surface area contributed by atoms with E-state index >= 15 is 0 Å². The predicted molar refractivity (Wildman–Crippen MR) is 83.3 cm³/mol. The number of benzene rings is 1. The molecule has 0 unspecified atom stereocenters. The van der Waals surface area contributed by atoms with Crippen LogP contribution >= 0.6 is 11.8 Å². The SMILES string of the molecule is O=C(CSc1ccc(F)cc1)Nc1nnc(-c2ccccn2)o1. The van der Waals surface area contributed by atoms with Crippen molar-refractivity contribution in [1.82, 2.24) is 15.2 Å². The van der Waals surface area contributed by atoms with Gasteiger partial charge in [-0.1, -0.05) is 11.2 Å². The molecule has 2 aromatic heterocycles. The lowest BCUT2D eigenvalue weighted by Crippen LogP contribution is -2.14. The van der Waals surface area contributed by atoms with Gasteiger partial charge in [0.25, 0.3) is 5.89 Å². The van der Waals surface area contributed by atoms with E-state index in [2.05, 4.69) is 20.5 Å². The van der Waals surface area contributed by atoms with Crippen LogP contribution in [0, 0.1) is 5.82 Å². The Bertz CT molecular complexity index is 793. The number of nitrogens with one attached hydrogen (secondary N) is 1. The van der Waals surface area contributed by atoms with Crippen LogP contribution in [0.4, 0.5) is 10.4 Å². The van der Waals surface area contributed by atoms with Crippen LogP contribution in [-0.4, -0.2) is 26.8 Å². The van der Waals surface area contributed by atoms with Crippen LogP contribution in [0.5, 0.6) is 0 Å². The van der Waals surface area contributed by atoms with Crippen LogP contribution in [0.15, 0.2) is 58.0 Å². The highest BCUT2D eigenvalue weighted by Gasteiger charge is 2.12. The maximum atomic E-state index is 12.8. The third kappa shape index (κ3) is 4.13. The molecule has 3 rings (SSSR count). The van der Waals surface area contributed by atoms with Crippen molar-refractivity contribution in [2.75, 3.05) is 11.1 Å². The first-order valence-electron chi connectivity index (χ1n) is 6.64. The number of amides is 1. The van der Waals surface area contributed by atoms with E-state index in [1.54, 1.807) is 36.5 Å². The summed E-state index contributed by atoms with van der Waals surface area (Å²) in [5.41, 5.74) is 0.529. The Morgan fingerprint density at radius 2 is 2.00 bits per heavy atom. The molecule has 23 heavy (non-hydrogen) atoms. The fraction of sp³-hybridized carbons (Fsp3) is 0.0667. The first-order chi connectivity index (χ1) is 11.2. The van der Waals surface area contributed by atoms with Crippen LogP contribution in [0.1, 0.15) is 0 Å². The van der Waals surface area contributed by atoms with E-state index in [0.717, 1.165) is 4.90 Å². The number of hydrogen-bond acceptors (Lipinski definition) is 6. The zero-order chi connectivity index (χ0) is 16.1. The molecule has 2 heterocycles. The summed E-state index contributed by atoms with van der Waals surface area (Å²) in [6, 6.07) is 11.2. The van der Waals surface area contributed by atoms with E-state index in [1.165, 1.54) is 23.9 Å². The molecule has 0 radical (unpaired) electrons. The summed E-state index contributed by atoms with van der Waals surface area (Å²) < 4.78 is 18.1. The van der Waals surface area contributed by atoms with Crippen molar-refractivity contribution < 1.29 is 13.6 Å². The third-order valence-corrected chi connectivity index (χ3v) is 3.75. The zero-order valence-electron chi connectivity index (χ0n) is 11.8. The molecule has 1 amide bonds. The second-order valence-electron chi connectivity index (χ2n) is 4.42. The molecule has 0 aliphatic carbocycles. The Morgan fingerprint density at radius 1 is 1.17 bits per heavy atom. The Kier molecular flexibility index (Phi) is 4.62. The molecular formula is C15H11FN4O2S. The van der Waals surface area contributed by atoms with Gasteiger partial charge in [-0.2, -0.15) is 0 Å². The highest BCUT2D eigenvalue weighted by atomic mass is 32.2. The number of rotatable bonds is 5. The van der Waals surface area contributed by atoms with E-state index in [9.17, 15) is 9.18 Å². The van der Waals surface area contributed by atoms with Gasteiger partial charge in [0.1, 0.15) is 11.5 Å². The van der Waals surface area contributed by atoms with E-state index in [4.69, 9.17) is 4.42 Å². The monoisotopic (exact) mass is 330 g/mol. The largest absolute Gasteiger partial charge is 0.401 e. The first kappa shape index (κ1) is 15.2. The number of pyridine rings is 1. The summed E-state index contributed by atoms with van der Waals surface area (Å²) >= 11 is 1.28. The van der Waals surface area contributed by atoms with Gasteiger partial charge < -0.3 is 4.42 Å². The molecule has 0 saturated heterocycles. The summed E-state index contributed by atoms with van der Waals surface area (Å²) in [4.78, 5) is 16.7. The van der Waals surface area contributed by atoms with Crippen molar-refractivity contribution >= 4 is 23.7 Å².